The molecule has 0 aromatic carbocycles. The average molecular weight is 283 g/mol. The predicted octanol–water partition coefficient (Wildman–Crippen LogP) is 0.974. The van der Waals surface area contributed by atoms with Crippen LogP contribution in [0.1, 0.15) is 33.1 Å². The van der Waals surface area contributed by atoms with E-state index in [2.05, 4.69) is 17.3 Å². The molecule has 2 aliphatic rings. The van der Waals surface area contributed by atoms with Crippen LogP contribution in [0.4, 0.5) is 4.79 Å². The van der Waals surface area contributed by atoms with Crippen LogP contribution in [0.15, 0.2) is 0 Å². The molecule has 0 spiro atoms. The van der Waals surface area contributed by atoms with Crippen LogP contribution in [0.25, 0.3) is 0 Å². The maximum Gasteiger partial charge on any atom is 0.326 e. The summed E-state index contributed by atoms with van der Waals surface area (Å²) < 4.78 is 0. The zero-order chi connectivity index (χ0) is 14.9. The summed E-state index contributed by atoms with van der Waals surface area (Å²) in [6.07, 6.45) is 3.30. The second-order valence-corrected chi connectivity index (χ2v) is 6.29. The minimum Gasteiger partial charge on any atom is -0.480 e. The molecular formula is C14H25N3O3. The fourth-order valence-corrected chi connectivity index (χ4v) is 3.23. The molecule has 2 bridgehead atoms. The predicted molar refractivity (Wildman–Crippen MR) is 75.6 cm³/mol. The highest BCUT2D eigenvalue weighted by molar-refractivity contribution is 5.82. The largest absolute Gasteiger partial charge is 0.480 e. The third kappa shape index (κ3) is 3.06. The summed E-state index contributed by atoms with van der Waals surface area (Å²) in [7, 11) is 2.12. The van der Waals surface area contributed by atoms with Gasteiger partial charge in [-0.05, 0) is 32.2 Å². The summed E-state index contributed by atoms with van der Waals surface area (Å²) in [4.78, 5) is 27.6. The van der Waals surface area contributed by atoms with Crippen molar-refractivity contribution in [1.29, 1.82) is 0 Å². The van der Waals surface area contributed by atoms with Gasteiger partial charge in [0, 0.05) is 25.2 Å². The number of aliphatic carboxylic acids is 1. The third-order valence-corrected chi connectivity index (χ3v) is 4.65. The quantitative estimate of drug-likeness (QED) is 0.809. The Bertz CT molecular complexity index is 386. The van der Waals surface area contributed by atoms with Gasteiger partial charge in [-0.2, -0.15) is 0 Å². The van der Waals surface area contributed by atoms with Crippen LogP contribution in [0.2, 0.25) is 0 Å². The lowest BCUT2D eigenvalue weighted by Gasteiger charge is -2.28. The van der Waals surface area contributed by atoms with Crippen LogP contribution in [0.3, 0.4) is 0 Å². The number of likely N-dealkylation sites (tertiary alicyclic amines) is 1. The number of amides is 2. The summed E-state index contributed by atoms with van der Waals surface area (Å²) in [5, 5.41) is 11.8. The number of carbonyl (C=O) groups excluding carboxylic acids is 1. The van der Waals surface area contributed by atoms with E-state index in [0.29, 0.717) is 25.2 Å². The molecule has 0 aromatic heterocycles. The van der Waals surface area contributed by atoms with Crippen molar-refractivity contribution in [2.75, 3.05) is 20.1 Å². The Hall–Kier alpha value is -1.30. The fourth-order valence-electron chi connectivity index (χ4n) is 3.23. The number of fused-ring (bicyclic) bond motifs is 2. The van der Waals surface area contributed by atoms with Crippen molar-refractivity contribution >= 4 is 12.0 Å². The number of carbonyl (C=O) groups is 2. The molecule has 20 heavy (non-hydrogen) atoms. The molecule has 2 aliphatic heterocycles. The highest BCUT2D eigenvalue weighted by atomic mass is 16.4. The standard InChI is InChI=1S/C14H25N3O3/c1-9(2)12(13(18)19)15-14(20)17-7-6-10-4-5-11(8-17)16(10)3/h9-12H,4-8H2,1-3H3,(H,15,20)(H,18,19)/t10?,11?,12-/m1/s1. The minimum atomic E-state index is -0.971. The maximum absolute atomic E-state index is 12.3. The van der Waals surface area contributed by atoms with Crippen molar-refractivity contribution in [3.8, 4) is 0 Å². The van der Waals surface area contributed by atoms with E-state index in [4.69, 9.17) is 5.11 Å². The van der Waals surface area contributed by atoms with Crippen LogP contribution in [-0.2, 0) is 4.79 Å². The van der Waals surface area contributed by atoms with E-state index >= 15 is 0 Å². The molecule has 0 saturated carbocycles. The minimum absolute atomic E-state index is 0.123. The van der Waals surface area contributed by atoms with Crippen LogP contribution < -0.4 is 5.32 Å². The number of carboxylic acids is 1. The first-order valence-electron chi connectivity index (χ1n) is 7.40. The first kappa shape index (κ1) is 15.1. The van der Waals surface area contributed by atoms with E-state index in [0.717, 1.165) is 12.8 Å². The average Bonchev–Trinajstić information content (AvgIpc) is 2.59. The van der Waals surface area contributed by atoms with E-state index in [1.807, 2.05) is 0 Å². The van der Waals surface area contributed by atoms with Gasteiger partial charge >= 0.3 is 12.0 Å². The molecule has 3 atom stereocenters. The lowest BCUT2D eigenvalue weighted by atomic mass is 10.1. The van der Waals surface area contributed by atoms with Crippen molar-refractivity contribution in [2.45, 2.75) is 51.2 Å². The Morgan fingerprint density at radius 1 is 1.20 bits per heavy atom. The van der Waals surface area contributed by atoms with Crippen LogP contribution >= 0.6 is 0 Å². The Labute approximate surface area is 120 Å². The van der Waals surface area contributed by atoms with E-state index in [9.17, 15) is 9.59 Å². The van der Waals surface area contributed by atoms with Gasteiger partial charge in [0.25, 0.3) is 0 Å². The van der Waals surface area contributed by atoms with Crippen molar-refractivity contribution < 1.29 is 14.7 Å². The number of nitrogens with one attached hydrogen (secondary N) is 1. The van der Waals surface area contributed by atoms with Gasteiger partial charge in [0.15, 0.2) is 0 Å². The van der Waals surface area contributed by atoms with Gasteiger partial charge in [0.05, 0.1) is 0 Å². The number of carboxylic acid groups (broad SMARTS) is 1. The molecule has 2 heterocycles. The summed E-state index contributed by atoms with van der Waals surface area (Å²) in [5.41, 5.74) is 0. The molecule has 0 aromatic rings. The second kappa shape index (κ2) is 5.99. The molecule has 0 aliphatic carbocycles. The molecule has 0 radical (unpaired) electrons. The molecule has 6 nitrogen and oxygen atoms in total. The van der Waals surface area contributed by atoms with Crippen LogP contribution in [0.5, 0.6) is 0 Å². The van der Waals surface area contributed by atoms with Crippen molar-refractivity contribution in [1.82, 2.24) is 15.1 Å². The first-order chi connectivity index (χ1) is 9.40. The number of hydrogen-bond acceptors (Lipinski definition) is 3. The highest BCUT2D eigenvalue weighted by Gasteiger charge is 2.36. The van der Waals surface area contributed by atoms with Gasteiger partial charge < -0.3 is 15.3 Å². The number of likely N-dealkylation sites (N-methyl/N-ethyl adjacent to an activating group) is 1. The Morgan fingerprint density at radius 3 is 2.45 bits per heavy atom. The molecular weight excluding hydrogens is 258 g/mol. The highest BCUT2D eigenvalue weighted by Crippen LogP contribution is 2.28. The van der Waals surface area contributed by atoms with E-state index < -0.39 is 12.0 Å². The zero-order valence-electron chi connectivity index (χ0n) is 12.5. The fraction of sp³-hybridized carbons (Fsp3) is 0.857. The lowest BCUT2D eigenvalue weighted by molar-refractivity contribution is -0.140. The molecule has 2 fully saturated rings. The Morgan fingerprint density at radius 2 is 1.85 bits per heavy atom. The van der Waals surface area contributed by atoms with Gasteiger partial charge in [-0.3, -0.25) is 4.90 Å². The summed E-state index contributed by atoms with van der Waals surface area (Å²) in [5.74, 6) is -1.09. The normalized spacial score (nSPS) is 28.3. The summed E-state index contributed by atoms with van der Waals surface area (Å²) in [6.45, 7) is 5.01. The van der Waals surface area contributed by atoms with Gasteiger partial charge in [-0.25, -0.2) is 9.59 Å². The SMILES string of the molecule is CC(C)[C@@H](NC(=O)N1CCC2CCC(C1)N2C)C(=O)O. The van der Waals surface area contributed by atoms with Gasteiger partial charge in [0.2, 0.25) is 0 Å². The molecule has 2 unspecified atom stereocenters. The number of nitrogens with zero attached hydrogens (tertiary/aromatic N) is 2. The van der Waals surface area contributed by atoms with Crippen molar-refractivity contribution in [3.63, 3.8) is 0 Å². The first-order valence-corrected chi connectivity index (χ1v) is 7.40. The molecule has 2 rings (SSSR count). The third-order valence-electron chi connectivity index (χ3n) is 4.65. The van der Waals surface area contributed by atoms with Gasteiger partial charge in [-0.1, -0.05) is 13.8 Å². The topological polar surface area (TPSA) is 72.9 Å². The molecule has 6 heteroatoms. The molecule has 2 saturated heterocycles. The van der Waals surface area contributed by atoms with Gasteiger partial charge in [0.1, 0.15) is 6.04 Å². The monoisotopic (exact) mass is 283 g/mol. The molecule has 114 valence electrons. The van der Waals surface area contributed by atoms with E-state index in [1.165, 1.54) is 6.42 Å². The Balaban J connectivity index is 1.97. The second-order valence-electron chi connectivity index (χ2n) is 6.29. The number of rotatable bonds is 3. The van der Waals surface area contributed by atoms with Gasteiger partial charge in [-0.15, -0.1) is 0 Å². The van der Waals surface area contributed by atoms with Crippen LogP contribution in [0, 0.1) is 5.92 Å². The molecule has 2 amide bonds. The maximum atomic E-state index is 12.3. The smallest absolute Gasteiger partial charge is 0.326 e. The lowest BCUT2D eigenvalue weighted by Crippen LogP contribution is -2.51. The van der Waals surface area contributed by atoms with E-state index in [1.54, 1.807) is 18.7 Å². The van der Waals surface area contributed by atoms with Crippen LogP contribution in [-0.4, -0.2) is 65.2 Å². The number of urea groups is 1. The summed E-state index contributed by atoms with van der Waals surface area (Å²) >= 11 is 0. The van der Waals surface area contributed by atoms with E-state index in [-0.39, 0.29) is 11.9 Å². The molecule has 2 N–H and O–H groups in total. The Kier molecular flexibility index (Phi) is 4.52. The van der Waals surface area contributed by atoms with Crippen molar-refractivity contribution in [2.24, 2.45) is 5.92 Å². The zero-order valence-corrected chi connectivity index (χ0v) is 12.5. The number of hydrogen-bond donors (Lipinski definition) is 2. The summed E-state index contributed by atoms with van der Waals surface area (Å²) in [6, 6.07) is -0.0820. The van der Waals surface area contributed by atoms with Crippen molar-refractivity contribution in [3.05, 3.63) is 0 Å².